The fraction of sp³-hybridized carbons (Fsp3) is 0.412. The van der Waals surface area contributed by atoms with Crippen molar-refractivity contribution in [3.63, 3.8) is 0 Å². The fourth-order valence-electron chi connectivity index (χ4n) is 3.47. The molecule has 1 aliphatic carbocycles. The van der Waals surface area contributed by atoms with Crippen LogP contribution in [0.25, 0.3) is 0 Å². The average Bonchev–Trinajstić information content (AvgIpc) is 3.19. The minimum Gasteiger partial charge on any atom is -0.343 e. The lowest BCUT2D eigenvalue weighted by Crippen LogP contribution is -2.59. The minimum absolute atomic E-state index is 0.0578. The summed E-state index contributed by atoms with van der Waals surface area (Å²) in [5.74, 6) is -2.28. The van der Waals surface area contributed by atoms with Crippen LogP contribution in [0, 0.1) is 29.3 Å². The van der Waals surface area contributed by atoms with Crippen molar-refractivity contribution in [2.75, 3.05) is 4.90 Å². The molecule has 2 heterocycles. The molecular weight excluding hydrogens is 360 g/mol. The van der Waals surface area contributed by atoms with E-state index in [0.717, 1.165) is 18.6 Å². The summed E-state index contributed by atoms with van der Waals surface area (Å²) in [5, 5.41) is 14.3. The maximum atomic E-state index is 13.5. The van der Waals surface area contributed by atoms with Gasteiger partial charge in [0.05, 0.1) is 22.8 Å². The van der Waals surface area contributed by atoms with E-state index in [1.54, 1.807) is 10.9 Å². The number of amides is 1. The van der Waals surface area contributed by atoms with Crippen molar-refractivity contribution in [3.8, 4) is 6.19 Å². The van der Waals surface area contributed by atoms with Gasteiger partial charge in [0.15, 0.2) is 6.19 Å². The van der Waals surface area contributed by atoms with Gasteiger partial charge in [0.25, 0.3) is 5.91 Å². The Hall–Kier alpha value is -2.60. The van der Waals surface area contributed by atoms with Crippen molar-refractivity contribution in [3.05, 3.63) is 40.6 Å². The molecule has 136 valence electrons. The van der Waals surface area contributed by atoms with Crippen molar-refractivity contribution in [2.24, 2.45) is 5.92 Å². The van der Waals surface area contributed by atoms with Gasteiger partial charge in [-0.15, -0.1) is 11.3 Å². The Morgan fingerprint density at radius 1 is 1.42 bits per heavy atom. The molecule has 3 unspecified atom stereocenters. The smallest absolute Gasteiger partial charge is 0.271 e. The van der Waals surface area contributed by atoms with Gasteiger partial charge in [-0.1, -0.05) is 6.92 Å². The summed E-state index contributed by atoms with van der Waals surface area (Å²) in [6.45, 7) is 3.82. The molecule has 0 aromatic carbocycles. The van der Waals surface area contributed by atoms with Gasteiger partial charge in [-0.05, 0) is 25.7 Å². The molecule has 0 bridgehead atoms. The number of aromatic nitrogens is 2. The lowest BCUT2D eigenvalue weighted by Gasteiger charge is -2.40. The maximum absolute atomic E-state index is 13.5. The van der Waals surface area contributed by atoms with Crippen LogP contribution in [0.4, 0.5) is 14.5 Å². The zero-order valence-corrected chi connectivity index (χ0v) is 15.1. The molecule has 1 amide bonds. The van der Waals surface area contributed by atoms with Gasteiger partial charge in [-0.25, -0.2) is 4.98 Å². The van der Waals surface area contributed by atoms with Crippen LogP contribution in [0.3, 0.4) is 0 Å². The molecule has 9 heteroatoms. The van der Waals surface area contributed by atoms with Gasteiger partial charge < -0.3 is 5.32 Å². The van der Waals surface area contributed by atoms with Gasteiger partial charge in [-0.2, -0.15) is 19.0 Å². The second kappa shape index (κ2) is 6.96. The number of pyridine rings is 1. The van der Waals surface area contributed by atoms with E-state index < -0.39 is 23.5 Å². The highest BCUT2D eigenvalue weighted by atomic mass is 32.1. The number of carbonyl (C=O) groups is 1. The van der Waals surface area contributed by atoms with E-state index in [9.17, 15) is 18.8 Å². The van der Waals surface area contributed by atoms with Gasteiger partial charge in [0.1, 0.15) is 5.69 Å². The summed E-state index contributed by atoms with van der Waals surface area (Å²) in [7, 11) is 0. The van der Waals surface area contributed by atoms with E-state index in [-0.39, 0.29) is 17.5 Å². The molecule has 0 spiro atoms. The SMILES string of the molecule is CC1CCC(N(C#N)c2cc(F)nc(F)c2)C1(C)NC(=O)c1cscn1. The van der Waals surface area contributed by atoms with Gasteiger partial charge in [0.2, 0.25) is 11.9 Å². The van der Waals surface area contributed by atoms with Crippen LogP contribution in [0.15, 0.2) is 23.0 Å². The molecule has 2 aromatic rings. The van der Waals surface area contributed by atoms with Crippen LogP contribution < -0.4 is 10.2 Å². The Labute approximate surface area is 153 Å². The normalized spacial score (nSPS) is 24.9. The summed E-state index contributed by atoms with van der Waals surface area (Å²) in [5.41, 5.74) is 1.17. The molecule has 1 fully saturated rings. The zero-order chi connectivity index (χ0) is 18.9. The third-order valence-corrected chi connectivity index (χ3v) is 5.67. The predicted octanol–water partition coefficient (Wildman–Crippen LogP) is 3.09. The van der Waals surface area contributed by atoms with E-state index in [2.05, 4.69) is 15.3 Å². The third-order valence-electron chi connectivity index (χ3n) is 5.08. The molecule has 3 rings (SSSR count). The van der Waals surface area contributed by atoms with E-state index in [1.165, 1.54) is 16.2 Å². The van der Waals surface area contributed by atoms with Crippen LogP contribution in [0.1, 0.15) is 37.2 Å². The molecule has 1 N–H and O–H groups in total. The van der Waals surface area contributed by atoms with E-state index in [0.29, 0.717) is 12.1 Å². The monoisotopic (exact) mass is 377 g/mol. The largest absolute Gasteiger partial charge is 0.343 e. The molecule has 0 saturated heterocycles. The number of anilines is 1. The molecular formula is C17H17F2N5OS. The first-order valence-electron chi connectivity index (χ1n) is 8.08. The van der Waals surface area contributed by atoms with Gasteiger partial charge >= 0.3 is 0 Å². The summed E-state index contributed by atoms with van der Waals surface area (Å²) >= 11 is 1.31. The highest BCUT2D eigenvalue weighted by Gasteiger charge is 2.49. The van der Waals surface area contributed by atoms with E-state index >= 15 is 0 Å². The van der Waals surface area contributed by atoms with Crippen LogP contribution in [-0.4, -0.2) is 27.5 Å². The first-order valence-corrected chi connectivity index (χ1v) is 9.02. The molecule has 26 heavy (non-hydrogen) atoms. The molecule has 0 aliphatic heterocycles. The number of hydrogen-bond donors (Lipinski definition) is 1. The number of nitriles is 1. The first-order chi connectivity index (χ1) is 12.3. The fourth-order valence-corrected chi connectivity index (χ4v) is 4.00. The Morgan fingerprint density at radius 2 is 2.12 bits per heavy atom. The van der Waals surface area contributed by atoms with Crippen molar-refractivity contribution in [1.29, 1.82) is 5.26 Å². The van der Waals surface area contributed by atoms with Crippen LogP contribution in [-0.2, 0) is 0 Å². The Kier molecular flexibility index (Phi) is 4.87. The summed E-state index contributed by atoms with van der Waals surface area (Å²) in [6.07, 6.45) is 3.35. The third kappa shape index (κ3) is 3.24. The number of thiazole rings is 1. The Balaban J connectivity index is 1.93. The zero-order valence-electron chi connectivity index (χ0n) is 14.2. The second-order valence-electron chi connectivity index (χ2n) is 6.55. The van der Waals surface area contributed by atoms with E-state index in [4.69, 9.17) is 0 Å². The average molecular weight is 377 g/mol. The van der Waals surface area contributed by atoms with Gasteiger partial charge in [-0.3, -0.25) is 9.69 Å². The number of nitrogens with one attached hydrogen (secondary N) is 1. The van der Waals surface area contributed by atoms with Crippen molar-refractivity contribution >= 4 is 22.9 Å². The molecule has 0 radical (unpaired) electrons. The minimum atomic E-state index is -1.00. The van der Waals surface area contributed by atoms with Crippen LogP contribution in [0.5, 0.6) is 0 Å². The number of carbonyl (C=O) groups excluding carboxylic acids is 1. The van der Waals surface area contributed by atoms with Crippen molar-refractivity contribution < 1.29 is 13.6 Å². The van der Waals surface area contributed by atoms with Crippen LogP contribution >= 0.6 is 11.3 Å². The molecule has 2 aromatic heterocycles. The molecule has 1 saturated carbocycles. The quantitative estimate of drug-likeness (QED) is 0.503. The lowest BCUT2D eigenvalue weighted by atomic mass is 9.86. The lowest BCUT2D eigenvalue weighted by molar-refractivity contribution is 0.0873. The summed E-state index contributed by atoms with van der Waals surface area (Å²) < 4.78 is 27.0. The Morgan fingerprint density at radius 3 is 2.69 bits per heavy atom. The first kappa shape index (κ1) is 18.2. The number of rotatable bonds is 4. The van der Waals surface area contributed by atoms with Crippen molar-refractivity contribution in [2.45, 2.75) is 38.3 Å². The molecule has 6 nitrogen and oxygen atoms in total. The summed E-state index contributed by atoms with van der Waals surface area (Å²) in [6, 6.07) is 1.57. The number of nitrogens with zero attached hydrogens (tertiary/aromatic N) is 4. The highest BCUT2D eigenvalue weighted by molar-refractivity contribution is 7.07. The number of halogens is 2. The highest BCUT2D eigenvalue weighted by Crippen LogP contribution is 2.40. The second-order valence-corrected chi connectivity index (χ2v) is 7.26. The predicted molar refractivity (Wildman–Crippen MR) is 92.4 cm³/mol. The van der Waals surface area contributed by atoms with Gasteiger partial charge in [0, 0.05) is 17.5 Å². The van der Waals surface area contributed by atoms with E-state index in [1.807, 2.05) is 20.0 Å². The topological polar surface area (TPSA) is 81.9 Å². The van der Waals surface area contributed by atoms with Crippen LogP contribution in [0.2, 0.25) is 0 Å². The van der Waals surface area contributed by atoms with Crippen molar-refractivity contribution in [1.82, 2.24) is 15.3 Å². The maximum Gasteiger partial charge on any atom is 0.271 e. The molecule has 1 aliphatic rings. The molecule has 3 atom stereocenters. The summed E-state index contributed by atoms with van der Waals surface area (Å²) in [4.78, 5) is 20.8. The standard InChI is InChI=1S/C17H17F2N5OS/c1-10-3-4-13(17(10,2)23-16(25)12-7-26-9-21-12)24(8-20)11-5-14(18)22-15(19)6-11/h5-7,9-10,13H,3-4H2,1-2H3,(H,23,25). The number of hydrogen-bond acceptors (Lipinski definition) is 6. The Bertz CT molecular complexity index is 833.